The van der Waals surface area contributed by atoms with Crippen molar-refractivity contribution in [2.45, 2.75) is 25.6 Å². The minimum atomic E-state index is -4.61. The summed E-state index contributed by atoms with van der Waals surface area (Å²) in [5.41, 5.74) is 5.00. The molecular weight excluding hydrogens is 261 g/mol. The van der Waals surface area contributed by atoms with Gasteiger partial charge in [0.15, 0.2) is 0 Å². The molecule has 0 amide bonds. The van der Waals surface area contributed by atoms with Crippen LogP contribution in [-0.4, -0.2) is 35.3 Å². The summed E-state index contributed by atoms with van der Waals surface area (Å²) in [6.07, 6.45) is -4.61. The molecule has 2 rings (SSSR count). The van der Waals surface area contributed by atoms with E-state index in [1.165, 1.54) is 6.07 Å². The molecule has 0 radical (unpaired) electrons. The van der Waals surface area contributed by atoms with Gasteiger partial charge in [0.05, 0.1) is 18.8 Å². The second-order valence-corrected chi connectivity index (χ2v) is 4.99. The third-order valence-electron chi connectivity index (χ3n) is 2.91. The Kier molecular flexibility index (Phi) is 3.29. The van der Waals surface area contributed by atoms with E-state index >= 15 is 0 Å². The van der Waals surface area contributed by atoms with Crippen LogP contribution in [0, 0.1) is 0 Å². The molecule has 2 heterocycles. The highest BCUT2D eigenvalue weighted by Gasteiger charge is 2.37. The van der Waals surface area contributed by atoms with E-state index in [1.54, 1.807) is 4.90 Å². The average Bonchev–Trinajstić information content (AvgIpc) is 2.26. The van der Waals surface area contributed by atoms with Gasteiger partial charge < -0.3 is 15.4 Å². The molecule has 0 saturated carbocycles. The Hall–Kier alpha value is -1.57. The second-order valence-electron chi connectivity index (χ2n) is 4.99. The molecule has 0 unspecified atom stereocenters. The highest BCUT2D eigenvalue weighted by atomic mass is 19.4. The van der Waals surface area contributed by atoms with Gasteiger partial charge in [-0.15, -0.1) is 0 Å². The molecule has 0 spiro atoms. The lowest BCUT2D eigenvalue weighted by atomic mass is 10.0. The molecule has 0 atom stereocenters. The molecule has 0 bridgehead atoms. The van der Waals surface area contributed by atoms with Crippen LogP contribution in [0.2, 0.25) is 0 Å². The number of hydrogen-bond donors (Lipinski definition) is 1. The van der Waals surface area contributed by atoms with Gasteiger partial charge in [-0.2, -0.15) is 13.2 Å². The van der Waals surface area contributed by atoms with Crippen LogP contribution < -0.4 is 10.6 Å². The topological polar surface area (TPSA) is 64.3 Å². The molecule has 1 fully saturated rings. The Morgan fingerprint density at radius 2 is 2.05 bits per heavy atom. The standard InChI is InChI=1S/C11H15F3N4O/c1-10(2)6-19-4-3-18(10)8-5-7(15)16-9(17-8)11(12,13)14/h5H,3-4,6H2,1-2H3,(H2,15,16,17). The number of morpholine rings is 1. The Balaban J connectivity index is 2.42. The average molecular weight is 276 g/mol. The zero-order chi connectivity index (χ0) is 14.3. The van der Waals surface area contributed by atoms with Crippen LogP contribution in [0.5, 0.6) is 0 Å². The number of alkyl halides is 3. The maximum absolute atomic E-state index is 12.7. The Morgan fingerprint density at radius 3 is 2.63 bits per heavy atom. The van der Waals surface area contributed by atoms with Crippen LogP contribution in [0.4, 0.5) is 24.8 Å². The summed E-state index contributed by atoms with van der Waals surface area (Å²) in [5.74, 6) is -1.24. The number of hydrogen-bond acceptors (Lipinski definition) is 5. The number of ether oxygens (including phenoxy) is 1. The number of nitrogens with two attached hydrogens (primary N) is 1. The molecule has 2 N–H and O–H groups in total. The van der Waals surface area contributed by atoms with Crippen molar-refractivity contribution in [1.29, 1.82) is 0 Å². The van der Waals surface area contributed by atoms with E-state index in [9.17, 15) is 13.2 Å². The van der Waals surface area contributed by atoms with Crippen molar-refractivity contribution in [3.05, 3.63) is 11.9 Å². The van der Waals surface area contributed by atoms with Gasteiger partial charge in [-0.05, 0) is 13.8 Å². The number of aromatic nitrogens is 2. The lowest BCUT2D eigenvalue weighted by molar-refractivity contribution is -0.144. The Bertz CT molecular complexity index is 475. The molecule has 0 aliphatic carbocycles. The first-order valence-corrected chi connectivity index (χ1v) is 5.77. The Labute approximate surface area is 108 Å². The molecule has 19 heavy (non-hydrogen) atoms. The molecule has 1 aromatic rings. The lowest BCUT2D eigenvalue weighted by Gasteiger charge is -2.43. The first kappa shape index (κ1) is 13.9. The largest absolute Gasteiger partial charge is 0.451 e. The van der Waals surface area contributed by atoms with Crippen molar-refractivity contribution >= 4 is 11.6 Å². The van der Waals surface area contributed by atoms with E-state index in [0.29, 0.717) is 19.8 Å². The summed E-state index contributed by atoms with van der Waals surface area (Å²) in [4.78, 5) is 8.56. The summed E-state index contributed by atoms with van der Waals surface area (Å²) in [6.45, 7) is 5.06. The normalized spacial score (nSPS) is 19.5. The van der Waals surface area contributed by atoms with Gasteiger partial charge >= 0.3 is 6.18 Å². The smallest absolute Gasteiger partial charge is 0.384 e. The van der Waals surface area contributed by atoms with Crippen molar-refractivity contribution in [1.82, 2.24) is 9.97 Å². The number of nitrogens with zero attached hydrogens (tertiary/aromatic N) is 3. The first-order chi connectivity index (χ1) is 8.70. The van der Waals surface area contributed by atoms with Crippen LogP contribution in [0.1, 0.15) is 19.7 Å². The highest BCUT2D eigenvalue weighted by molar-refractivity contribution is 5.49. The zero-order valence-corrected chi connectivity index (χ0v) is 10.7. The lowest BCUT2D eigenvalue weighted by Crippen LogP contribution is -2.53. The van der Waals surface area contributed by atoms with Crippen LogP contribution in [0.3, 0.4) is 0 Å². The predicted octanol–water partition coefficient (Wildman–Crippen LogP) is 1.69. The molecule has 8 heteroatoms. The van der Waals surface area contributed by atoms with E-state index in [-0.39, 0.29) is 11.6 Å². The van der Waals surface area contributed by atoms with Crippen LogP contribution in [0.25, 0.3) is 0 Å². The van der Waals surface area contributed by atoms with Gasteiger partial charge in [0.2, 0.25) is 5.82 Å². The number of rotatable bonds is 1. The fraction of sp³-hybridized carbons (Fsp3) is 0.636. The second kappa shape index (κ2) is 4.52. The molecule has 1 saturated heterocycles. The summed E-state index contributed by atoms with van der Waals surface area (Å²) in [6, 6.07) is 1.35. The van der Waals surface area contributed by atoms with Crippen LogP contribution in [-0.2, 0) is 10.9 Å². The fourth-order valence-corrected chi connectivity index (χ4v) is 2.00. The van der Waals surface area contributed by atoms with Crippen molar-refractivity contribution < 1.29 is 17.9 Å². The summed E-state index contributed by atoms with van der Waals surface area (Å²) >= 11 is 0. The predicted molar refractivity (Wildman–Crippen MR) is 63.7 cm³/mol. The molecule has 0 aromatic carbocycles. The molecule has 1 aliphatic heterocycles. The van der Waals surface area contributed by atoms with Gasteiger partial charge in [-0.25, -0.2) is 9.97 Å². The van der Waals surface area contributed by atoms with Crippen LogP contribution in [0.15, 0.2) is 6.07 Å². The van der Waals surface area contributed by atoms with Gasteiger partial charge in [0.25, 0.3) is 0 Å². The van der Waals surface area contributed by atoms with Gasteiger partial charge in [0, 0.05) is 12.6 Å². The van der Waals surface area contributed by atoms with Gasteiger partial charge in [-0.3, -0.25) is 0 Å². The van der Waals surface area contributed by atoms with Crippen LogP contribution >= 0.6 is 0 Å². The first-order valence-electron chi connectivity index (χ1n) is 5.77. The van der Waals surface area contributed by atoms with E-state index in [2.05, 4.69) is 9.97 Å². The molecule has 1 aromatic heterocycles. The minimum absolute atomic E-state index is 0.174. The zero-order valence-electron chi connectivity index (χ0n) is 10.7. The van der Waals surface area contributed by atoms with Crippen molar-refractivity contribution in [2.24, 2.45) is 0 Å². The Morgan fingerprint density at radius 1 is 1.37 bits per heavy atom. The fourth-order valence-electron chi connectivity index (χ4n) is 2.00. The number of halogens is 3. The highest BCUT2D eigenvalue weighted by Crippen LogP contribution is 2.31. The van der Waals surface area contributed by atoms with E-state index < -0.39 is 17.5 Å². The summed E-state index contributed by atoms with van der Waals surface area (Å²) < 4.78 is 43.4. The van der Waals surface area contributed by atoms with E-state index in [1.807, 2.05) is 13.8 Å². The SMILES string of the molecule is CC1(C)COCCN1c1cc(N)nc(C(F)(F)F)n1. The maximum atomic E-state index is 12.7. The summed E-state index contributed by atoms with van der Waals surface area (Å²) in [5, 5.41) is 0. The van der Waals surface area contributed by atoms with Gasteiger partial charge in [-0.1, -0.05) is 0 Å². The minimum Gasteiger partial charge on any atom is -0.384 e. The quantitative estimate of drug-likeness (QED) is 0.845. The number of anilines is 2. The maximum Gasteiger partial charge on any atom is 0.451 e. The monoisotopic (exact) mass is 276 g/mol. The molecule has 5 nitrogen and oxygen atoms in total. The third kappa shape index (κ3) is 2.89. The molecule has 106 valence electrons. The third-order valence-corrected chi connectivity index (χ3v) is 2.91. The number of nitrogen functional groups attached to an aromatic ring is 1. The van der Waals surface area contributed by atoms with Gasteiger partial charge in [0.1, 0.15) is 11.6 Å². The van der Waals surface area contributed by atoms with Crippen molar-refractivity contribution in [2.75, 3.05) is 30.4 Å². The van der Waals surface area contributed by atoms with Crippen molar-refractivity contribution in [3.8, 4) is 0 Å². The van der Waals surface area contributed by atoms with E-state index in [0.717, 1.165) is 0 Å². The molecular formula is C11H15F3N4O. The van der Waals surface area contributed by atoms with E-state index in [4.69, 9.17) is 10.5 Å². The van der Waals surface area contributed by atoms with Crippen molar-refractivity contribution in [3.63, 3.8) is 0 Å². The summed E-state index contributed by atoms with van der Waals surface area (Å²) in [7, 11) is 0. The molecule has 1 aliphatic rings.